The van der Waals surface area contributed by atoms with Crippen LogP contribution in [0.2, 0.25) is 0 Å². The van der Waals surface area contributed by atoms with Crippen molar-refractivity contribution in [1.82, 2.24) is 10.2 Å². The molecule has 1 N–H and O–H groups in total. The maximum atomic E-state index is 3.66. The number of hydrogen-bond acceptors (Lipinski definition) is 2. The first kappa shape index (κ1) is 13.4. The Bertz CT molecular complexity index is 197. The molecule has 0 radical (unpaired) electrons. The zero-order valence-corrected chi connectivity index (χ0v) is 11.6. The van der Waals surface area contributed by atoms with Gasteiger partial charge in [-0.2, -0.15) is 0 Å². The molecule has 2 heteroatoms. The lowest BCUT2D eigenvalue weighted by Crippen LogP contribution is -2.47. The van der Waals surface area contributed by atoms with E-state index in [4.69, 9.17) is 0 Å². The average molecular weight is 238 g/mol. The summed E-state index contributed by atoms with van der Waals surface area (Å²) in [5, 5.41) is 3.66. The van der Waals surface area contributed by atoms with Crippen LogP contribution in [0.4, 0.5) is 0 Å². The van der Waals surface area contributed by atoms with Gasteiger partial charge in [-0.1, -0.05) is 32.1 Å². The molecular weight excluding hydrogens is 208 g/mol. The van der Waals surface area contributed by atoms with E-state index < -0.39 is 0 Å². The van der Waals surface area contributed by atoms with E-state index in [0.29, 0.717) is 0 Å². The molecular formula is C15H30N2. The number of hydrogen-bond donors (Lipinski definition) is 1. The fourth-order valence-electron chi connectivity index (χ4n) is 3.58. The van der Waals surface area contributed by atoms with Gasteiger partial charge >= 0.3 is 0 Å². The molecule has 1 heterocycles. The summed E-state index contributed by atoms with van der Waals surface area (Å²) >= 11 is 0. The van der Waals surface area contributed by atoms with Crippen molar-refractivity contribution in [3.05, 3.63) is 0 Å². The SMILES string of the molecule is CN1CCCCNCC1C1CCCCCCC1. The first-order valence-corrected chi connectivity index (χ1v) is 7.79. The highest BCUT2D eigenvalue weighted by Crippen LogP contribution is 2.27. The average Bonchev–Trinajstić information content (AvgIpc) is 2.26. The summed E-state index contributed by atoms with van der Waals surface area (Å²) in [5.41, 5.74) is 0. The van der Waals surface area contributed by atoms with Crippen LogP contribution in [0.3, 0.4) is 0 Å². The Labute approximate surface area is 107 Å². The lowest BCUT2D eigenvalue weighted by Gasteiger charge is -2.37. The van der Waals surface area contributed by atoms with Crippen LogP contribution in [0.1, 0.15) is 57.8 Å². The Morgan fingerprint density at radius 3 is 2.35 bits per heavy atom. The summed E-state index contributed by atoms with van der Waals surface area (Å²) in [5.74, 6) is 0.950. The molecule has 1 atom stereocenters. The number of rotatable bonds is 1. The van der Waals surface area contributed by atoms with Crippen LogP contribution in [-0.2, 0) is 0 Å². The van der Waals surface area contributed by atoms with Crippen molar-refractivity contribution in [3.63, 3.8) is 0 Å². The topological polar surface area (TPSA) is 15.3 Å². The molecule has 0 aromatic rings. The fraction of sp³-hybridized carbons (Fsp3) is 1.00. The lowest BCUT2D eigenvalue weighted by molar-refractivity contribution is 0.138. The van der Waals surface area contributed by atoms with Gasteiger partial charge in [0.2, 0.25) is 0 Å². The highest BCUT2D eigenvalue weighted by molar-refractivity contribution is 4.82. The Balaban J connectivity index is 1.90. The molecule has 1 aliphatic carbocycles. The van der Waals surface area contributed by atoms with Gasteiger partial charge in [0.15, 0.2) is 0 Å². The Morgan fingerprint density at radius 2 is 1.59 bits per heavy atom. The van der Waals surface area contributed by atoms with E-state index in [1.807, 2.05) is 0 Å². The van der Waals surface area contributed by atoms with Crippen molar-refractivity contribution in [2.45, 2.75) is 63.8 Å². The molecule has 0 amide bonds. The predicted octanol–water partition coefficient (Wildman–Crippen LogP) is 3.03. The standard InChI is InChI=1S/C15H30N2/c1-17-12-8-7-11-16-13-15(17)14-9-5-3-2-4-6-10-14/h14-16H,2-13H2,1H3. The minimum atomic E-state index is 0.799. The quantitative estimate of drug-likeness (QED) is 0.755. The molecule has 2 fully saturated rings. The van der Waals surface area contributed by atoms with Gasteiger partial charge in [0.25, 0.3) is 0 Å². The molecule has 2 nitrogen and oxygen atoms in total. The lowest BCUT2D eigenvalue weighted by atomic mass is 9.85. The highest BCUT2D eigenvalue weighted by Gasteiger charge is 2.25. The second-order valence-electron chi connectivity index (χ2n) is 6.06. The van der Waals surface area contributed by atoms with Gasteiger partial charge in [-0.25, -0.2) is 0 Å². The molecule has 2 aliphatic rings. The second kappa shape index (κ2) is 7.38. The van der Waals surface area contributed by atoms with Gasteiger partial charge in [-0.15, -0.1) is 0 Å². The fourth-order valence-corrected chi connectivity index (χ4v) is 3.58. The first-order chi connectivity index (χ1) is 8.38. The van der Waals surface area contributed by atoms with Crippen LogP contribution in [0.5, 0.6) is 0 Å². The van der Waals surface area contributed by atoms with Gasteiger partial charge in [0.1, 0.15) is 0 Å². The number of nitrogens with one attached hydrogen (secondary N) is 1. The highest BCUT2D eigenvalue weighted by atomic mass is 15.2. The third-order valence-corrected chi connectivity index (χ3v) is 4.73. The van der Waals surface area contributed by atoms with Gasteiger partial charge in [-0.05, 0) is 51.7 Å². The van der Waals surface area contributed by atoms with Crippen molar-refractivity contribution in [1.29, 1.82) is 0 Å². The third-order valence-electron chi connectivity index (χ3n) is 4.73. The normalized spacial score (nSPS) is 31.2. The van der Waals surface area contributed by atoms with E-state index in [9.17, 15) is 0 Å². The van der Waals surface area contributed by atoms with Crippen molar-refractivity contribution < 1.29 is 0 Å². The maximum Gasteiger partial charge on any atom is 0.0245 e. The Hall–Kier alpha value is -0.0800. The Kier molecular flexibility index (Phi) is 5.79. The van der Waals surface area contributed by atoms with Crippen LogP contribution in [0, 0.1) is 5.92 Å². The summed E-state index contributed by atoms with van der Waals surface area (Å²) < 4.78 is 0. The monoisotopic (exact) mass is 238 g/mol. The first-order valence-electron chi connectivity index (χ1n) is 7.79. The van der Waals surface area contributed by atoms with Gasteiger partial charge in [0, 0.05) is 12.6 Å². The molecule has 1 saturated carbocycles. The molecule has 0 bridgehead atoms. The molecule has 1 unspecified atom stereocenters. The van der Waals surface area contributed by atoms with E-state index >= 15 is 0 Å². The molecule has 0 spiro atoms. The molecule has 17 heavy (non-hydrogen) atoms. The summed E-state index contributed by atoms with van der Waals surface area (Å²) in [6.07, 6.45) is 13.0. The van der Waals surface area contributed by atoms with E-state index in [0.717, 1.165) is 12.0 Å². The number of likely N-dealkylation sites (N-methyl/N-ethyl adjacent to an activating group) is 1. The van der Waals surface area contributed by atoms with Crippen molar-refractivity contribution in [3.8, 4) is 0 Å². The summed E-state index contributed by atoms with van der Waals surface area (Å²) in [6.45, 7) is 3.76. The smallest absolute Gasteiger partial charge is 0.0245 e. The Morgan fingerprint density at radius 1 is 0.882 bits per heavy atom. The van der Waals surface area contributed by atoms with Gasteiger partial charge in [0.05, 0.1) is 0 Å². The minimum Gasteiger partial charge on any atom is -0.315 e. The maximum absolute atomic E-state index is 3.66. The van der Waals surface area contributed by atoms with Crippen LogP contribution < -0.4 is 5.32 Å². The zero-order valence-electron chi connectivity index (χ0n) is 11.6. The van der Waals surface area contributed by atoms with E-state index in [1.54, 1.807) is 0 Å². The molecule has 0 aromatic heterocycles. The molecule has 100 valence electrons. The summed E-state index contributed by atoms with van der Waals surface area (Å²) in [4.78, 5) is 2.64. The predicted molar refractivity (Wildman–Crippen MR) is 74.3 cm³/mol. The van der Waals surface area contributed by atoms with Gasteiger partial charge in [-0.3, -0.25) is 0 Å². The van der Waals surface area contributed by atoms with E-state index in [1.165, 1.54) is 77.4 Å². The third kappa shape index (κ3) is 4.26. The molecule has 0 aromatic carbocycles. The largest absolute Gasteiger partial charge is 0.315 e. The zero-order chi connectivity index (χ0) is 11.9. The van der Waals surface area contributed by atoms with Crippen molar-refractivity contribution in [2.24, 2.45) is 5.92 Å². The molecule has 1 saturated heterocycles. The van der Waals surface area contributed by atoms with Gasteiger partial charge < -0.3 is 10.2 Å². The summed E-state index contributed by atoms with van der Waals surface area (Å²) in [6, 6.07) is 0.799. The molecule has 2 rings (SSSR count). The van der Waals surface area contributed by atoms with Crippen LogP contribution in [-0.4, -0.2) is 37.6 Å². The number of nitrogens with zero attached hydrogens (tertiary/aromatic N) is 1. The summed E-state index contributed by atoms with van der Waals surface area (Å²) in [7, 11) is 2.34. The van der Waals surface area contributed by atoms with Crippen LogP contribution in [0.15, 0.2) is 0 Å². The van der Waals surface area contributed by atoms with Crippen LogP contribution in [0.25, 0.3) is 0 Å². The van der Waals surface area contributed by atoms with E-state index in [-0.39, 0.29) is 0 Å². The van der Waals surface area contributed by atoms with Crippen molar-refractivity contribution in [2.75, 3.05) is 26.7 Å². The van der Waals surface area contributed by atoms with E-state index in [2.05, 4.69) is 17.3 Å². The van der Waals surface area contributed by atoms with Crippen LogP contribution >= 0.6 is 0 Å². The molecule has 1 aliphatic heterocycles. The minimum absolute atomic E-state index is 0.799. The van der Waals surface area contributed by atoms with Crippen molar-refractivity contribution >= 4 is 0 Å². The second-order valence-corrected chi connectivity index (χ2v) is 6.06.